The summed E-state index contributed by atoms with van der Waals surface area (Å²) < 4.78 is 35.9. The van der Waals surface area contributed by atoms with E-state index in [9.17, 15) is 17.7 Å². The van der Waals surface area contributed by atoms with Gasteiger partial charge in [-0.3, -0.25) is 9.78 Å². The second-order valence-corrected chi connectivity index (χ2v) is 2.21. The van der Waals surface area contributed by atoms with Crippen LogP contribution >= 0.6 is 0 Å². The molecule has 0 spiro atoms. The summed E-state index contributed by atoms with van der Waals surface area (Å²) in [6.45, 7) is -5.00. The fraction of sp³-hybridized carbons (Fsp3) is 0. The molecular formula is C6H4BF3NO-. The number of aldehydes is 1. The summed E-state index contributed by atoms with van der Waals surface area (Å²) >= 11 is 0. The van der Waals surface area contributed by atoms with Crippen LogP contribution in [0.15, 0.2) is 18.3 Å². The summed E-state index contributed by atoms with van der Waals surface area (Å²) in [5, 5.41) is 0. The van der Waals surface area contributed by atoms with Crippen LogP contribution in [0.1, 0.15) is 10.5 Å². The van der Waals surface area contributed by atoms with Crippen molar-refractivity contribution in [2.75, 3.05) is 0 Å². The molecule has 64 valence electrons. The van der Waals surface area contributed by atoms with Crippen molar-refractivity contribution in [3.8, 4) is 0 Å². The topological polar surface area (TPSA) is 30.0 Å². The Morgan fingerprint density at radius 2 is 2.00 bits per heavy atom. The summed E-state index contributed by atoms with van der Waals surface area (Å²) in [5.74, 6) is 0. The van der Waals surface area contributed by atoms with E-state index >= 15 is 0 Å². The molecule has 0 aromatic carbocycles. The van der Waals surface area contributed by atoms with Gasteiger partial charge in [-0.1, -0.05) is 11.5 Å². The summed E-state index contributed by atoms with van der Waals surface area (Å²) in [6.07, 6.45) is 1.05. The van der Waals surface area contributed by atoms with E-state index in [0.717, 1.165) is 12.1 Å². The number of hydrogen-bond donors (Lipinski definition) is 0. The van der Waals surface area contributed by atoms with Gasteiger partial charge in [0.25, 0.3) is 0 Å². The van der Waals surface area contributed by atoms with E-state index in [4.69, 9.17) is 0 Å². The fourth-order valence-electron chi connectivity index (χ4n) is 0.680. The van der Waals surface area contributed by atoms with E-state index in [1.54, 1.807) is 0 Å². The average molecular weight is 174 g/mol. The van der Waals surface area contributed by atoms with Crippen molar-refractivity contribution in [3.05, 3.63) is 24.0 Å². The molecule has 0 saturated heterocycles. The number of aromatic nitrogens is 1. The minimum absolute atomic E-state index is 0.00111. The first-order valence-corrected chi connectivity index (χ1v) is 3.15. The van der Waals surface area contributed by atoms with Gasteiger partial charge in [0.1, 0.15) is 5.69 Å². The molecule has 2 nitrogen and oxygen atoms in total. The first-order chi connectivity index (χ1) is 5.54. The summed E-state index contributed by atoms with van der Waals surface area (Å²) in [4.78, 5) is 13.3. The Hall–Kier alpha value is -1.33. The van der Waals surface area contributed by atoms with Crippen LogP contribution in [-0.4, -0.2) is 18.2 Å². The molecule has 0 amide bonds. The van der Waals surface area contributed by atoms with E-state index < -0.39 is 12.4 Å². The first-order valence-electron chi connectivity index (χ1n) is 3.15. The normalized spacial score (nSPS) is 11.2. The Morgan fingerprint density at radius 3 is 2.33 bits per heavy atom. The predicted molar refractivity (Wildman–Crippen MR) is 38.3 cm³/mol. The van der Waals surface area contributed by atoms with Gasteiger partial charge in [-0.2, -0.15) is 0 Å². The zero-order chi connectivity index (χ0) is 9.19. The van der Waals surface area contributed by atoms with Crippen molar-refractivity contribution >= 4 is 18.7 Å². The largest absolute Gasteiger partial charge is 0.511 e. The highest BCUT2D eigenvalue weighted by Gasteiger charge is 2.25. The van der Waals surface area contributed by atoms with Crippen LogP contribution in [0, 0.1) is 0 Å². The zero-order valence-corrected chi connectivity index (χ0v) is 5.88. The summed E-state index contributed by atoms with van der Waals surface area (Å²) in [6, 6.07) is 1.88. The van der Waals surface area contributed by atoms with Gasteiger partial charge in [0.2, 0.25) is 0 Å². The molecule has 0 N–H and O–H groups in total. The van der Waals surface area contributed by atoms with Crippen LogP contribution in [0.25, 0.3) is 0 Å². The molecule has 0 aliphatic rings. The number of pyridine rings is 1. The van der Waals surface area contributed by atoms with Crippen molar-refractivity contribution in [2.45, 2.75) is 0 Å². The Kier molecular flexibility index (Phi) is 2.17. The molecule has 0 saturated carbocycles. The van der Waals surface area contributed by atoms with E-state index in [1.807, 2.05) is 0 Å². The molecule has 1 heterocycles. The van der Waals surface area contributed by atoms with Gasteiger partial charge in [0, 0.05) is 6.20 Å². The molecule has 0 bridgehead atoms. The summed E-state index contributed by atoms with van der Waals surface area (Å²) in [5.41, 5.74) is -0.792. The molecule has 0 atom stereocenters. The third-order valence-electron chi connectivity index (χ3n) is 1.31. The maximum absolute atomic E-state index is 12.0. The minimum Gasteiger partial charge on any atom is -0.445 e. The molecule has 12 heavy (non-hydrogen) atoms. The summed E-state index contributed by atoms with van der Waals surface area (Å²) in [7, 11) is 0. The number of carbonyl (C=O) groups excluding carboxylic acids is 1. The molecule has 0 fully saturated rings. The van der Waals surface area contributed by atoms with Crippen LogP contribution in [0.5, 0.6) is 0 Å². The minimum atomic E-state index is -5.00. The molecule has 1 rings (SSSR count). The lowest BCUT2D eigenvalue weighted by atomic mass is 9.81. The van der Waals surface area contributed by atoms with Gasteiger partial charge < -0.3 is 12.9 Å². The molecule has 1 aromatic heterocycles. The number of carbonyl (C=O) groups is 1. The number of nitrogens with zero attached hydrogens (tertiary/aromatic N) is 1. The highest BCUT2D eigenvalue weighted by atomic mass is 19.4. The molecular weight excluding hydrogens is 170 g/mol. The van der Waals surface area contributed by atoms with Gasteiger partial charge in [0.15, 0.2) is 6.29 Å². The number of hydrogen-bond acceptors (Lipinski definition) is 2. The van der Waals surface area contributed by atoms with Crippen LogP contribution in [-0.2, 0) is 0 Å². The highest BCUT2D eigenvalue weighted by molar-refractivity contribution is 6.73. The maximum atomic E-state index is 12.0. The Labute approximate surface area is 66.5 Å². The zero-order valence-electron chi connectivity index (χ0n) is 5.88. The van der Waals surface area contributed by atoms with Gasteiger partial charge >= 0.3 is 6.98 Å². The van der Waals surface area contributed by atoms with E-state index in [-0.39, 0.29) is 5.69 Å². The Bertz CT molecular complexity index is 282. The van der Waals surface area contributed by atoms with Crippen LogP contribution in [0.2, 0.25) is 0 Å². The lowest BCUT2D eigenvalue weighted by Crippen LogP contribution is -2.34. The van der Waals surface area contributed by atoms with Crippen molar-refractivity contribution < 1.29 is 17.7 Å². The van der Waals surface area contributed by atoms with Gasteiger partial charge in [-0.15, -0.1) is 0 Å². The van der Waals surface area contributed by atoms with Gasteiger partial charge in [-0.05, 0) is 6.07 Å². The standard InChI is InChI=1S/C6H4BF3NO/c8-7(9,10)5-1-2-6(4-12)11-3-5/h1-4H/q-1. The van der Waals surface area contributed by atoms with Crippen molar-refractivity contribution in [2.24, 2.45) is 0 Å². The monoisotopic (exact) mass is 174 g/mol. The predicted octanol–water partition coefficient (Wildman–Crippen LogP) is 0.948. The SMILES string of the molecule is O=Cc1ccc([B-](F)(F)F)cn1. The molecule has 0 aliphatic heterocycles. The fourth-order valence-corrected chi connectivity index (χ4v) is 0.680. The second-order valence-electron chi connectivity index (χ2n) is 2.21. The Balaban J connectivity index is 3.00. The van der Waals surface area contributed by atoms with Gasteiger partial charge in [-0.25, -0.2) is 0 Å². The Morgan fingerprint density at radius 1 is 1.33 bits per heavy atom. The quantitative estimate of drug-likeness (QED) is 0.493. The second kappa shape index (κ2) is 2.96. The molecule has 0 unspecified atom stereocenters. The average Bonchev–Trinajstić information content (AvgIpc) is 2.03. The van der Waals surface area contributed by atoms with Crippen LogP contribution < -0.4 is 5.46 Å². The van der Waals surface area contributed by atoms with E-state index in [1.165, 1.54) is 0 Å². The number of halogens is 3. The molecule has 0 aliphatic carbocycles. The first kappa shape index (κ1) is 8.77. The highest BCUT2D eigenvalue weighted by Crippen LogP contribution is 2.07. The van der Waals surface area contributed by atoms with Crippen LogP contribution in [0.4, 0.5) is 12.9 Å². The van der Waals surface area contributed by atoms with Crippen molar-refractivity contribution in [1.29, 1.82) is 0 Å². The molecule has 6 heteroatoms. The van der Waals surface area contributed by atoms with Crippen molar-refractivity contribution in [1.82, 2.24) is 4.98 Å². The van der Waals surface area contributed by atoms with Gasteiger partial charge in [0.05, 0.1) is 0 Å². The van der Waals surface area contributed by atoms with Crippen LogP contribution in [0.3, 0.4) is 0 Å². The van der Waals surface area contributed by atoms with Crippen molar-refractivity contribution in [3.63, 3.8) is 0 Å². The van der Waals surface area contributed by atoms with E-state index in [0.29, 0.717) is 12.5 Å². The molecule has 0 radical (unpaired) electrons. The molecule has 1 aromatic rings. The maximum Gasteiger partial charge on any atom is 0.511 e. The lowest BCUT2D eigenvalue weighted by molar-refractivity contribution is 0.111. The number of rotatable bonds is 2. The smallest absolute Gasteiger partial charge is 0.445 e. The third kappa shape index (κ3) is 1.84. The van der Waals surface area contributed by atoms with E-state index in [2.05, 4.69) is 4.98 Å². The lowest BCUT2D eigenvalue weighted by Gasteiger charge is -2.13. The third-order valence-corrected chi connectivity index (χ3v) is 1.31.